The molecule has 0 spiro atoms. The van der Waals surface area contributed by atoms with Crippen LogP contribution in [-0.4, -0.2) is 33.8 Å². The van der Waals surface area contributed by atoms with Crippen molar-refractivity contribution in [3.05, 3.63) is 17.5 Å². The van der Waals surface area contributed by atoms with Crippen molar-refractivity contribution in [1.29, 1.82) is 0 Å². The van der Waals surface area contributed by atoms with Gasteiger partial charge in [0, 0.05) is 30.9 Å². The van der Waals surface area contributed by atoms with Crippen LogP contribution in [0.3, 0.4) is 0 Å². The quantitative estimate of drug-likeness (QED) is 0.821. The van der Waals surface area contributed by atoms with Crippen LogP contribution >= 0.6 is 0 Å². The van der Waals surface area contributed by atoms with Crippen LogP contribution in [0.15, 0.2) is 6.20 Å². The summed E-state index contributed by atoms with van der Waals surface area (Å²) in [6, 6.07) is 1.08. The Hall–Kier alpha value is -0.870. The number of nitrogens with zero attached hydrogens (tertiary/aromatic N) is 3. The molecule has 0 amide bonds. The molecule has 1 aromatic heterocycles. The molecule has 1 heterocycles. The van der Waals surface area contributed by atoms with Crippen LogP contribution in [0.5, 0.6) is 0 Å². The van der Waals surface area contributed by atoms with Gasteiger partial charge in [-0.05, 0) is 38.6 Å². The Morgan fingerprint density at radius 3 is 2.58 bits per heavy atom. The Morgan fingerprint density at radius 1 is 1.47 bits per heavy atom. The third kappa shape index (κ3) is 3.37. The van der Waals surface area contributed by atoms with Crippen molar-refractivity contribution in [1.82, 2.24) is 14.7 Å². The van der Waals surface area contributed by atoms with E-state index in [1.54, 1.807) is 0 Å². The highest BCUT2D eigenvalue weighted by molar-refractivity contribution is 5.21. The maximum atomic E-state index is 6.08. The molecule has 1 aliphatic rings. The molecule has 1 unspecified atom stereocenters. The number of aromatic nitrogens is 2. The Morgan fingerprint density at radius 2 is 2.16 bits per heavy atom. The van der Waals surface area contributed by atoms with Crippen molar-refractivity contribution >= 4 is 0 Å². The highest BCUT2D eigenvalue weighted by atomic mass is 15.3. The minimum absolute atomic E-state index is 0.333. The van der Waals surface area contributed by atoms with Crippen molar-refractivity contribution in [2.75, 3.05) is 13.1 Å². The zero-order valence-electron chi connectivity index (χ0n) is 12.8. The molecular formula is C15H28N4. The molecule has 1 saturated carbocycles. The van der Waals surface area contributed by atoms with Gasteiger partial charge in [0.15, 0.2) is 0 Å². The highest BCUT2D eigenvalue weighted by Gasteiger charge is 2.34. The third-order valence-corrected chi connectivity index (χ3v) is 4.24. The van der Waals surface area contributed by atoms with Gasteiger partial charge < -0.3 is 5.73 Å². The van der Waals surface area contributed by atoms with Gasteiger partial charge in [0.05, 0.1) is 12.2 Å². The number of nitrogens with two attached hydrogens (primary N) is 1. The van der Waals surface area contributed by atoms with E-state index >= 15 is 0 Å². The molecule has 0 radical (unpaired) electrons. The van der Waals surface area contributed by atoms with Crippen LogP contribution < -0.4 is 5.73 Å². The first-order valence-electron chi connectivity index (χ1n) is 7.48. The fraction of sp³-hybridized carbons (Fsp3) is 0.800. The van der Waals surface area contributed by atoms with E-state index in [0.717, 1.165) is 18.5 Å². The molecule has 2 rings (SSSR count). The Labute approximate surface area is 117 Å². The lowest BCUT2D eigenvalue weighted by atomic mass is 10.0. The van der Waals surface area contributed by atoms with Crippen LogP contribution in [0.2, 0.25) is 0 Å². The lowest BCUT2D eigenvalue weighted by Gasteiger charge is -2.31. The number of hydrogen-bond acceptors (Lipinski definition) is 3. The summed E-state index contributed by atoms with van der Waals surface area (Å²) in [6.45, 7) is 8.55. The van der Waals surface area contributed by atoms with Crippen molar-refractivity contribution in [2.24, 2.45) is 18.7 Å². The maximum absolute atomic E-state index is 6.08. The fourth-order valence-corrected chi connectivity index (χ4v) is 2.69. The summed E-state index contributed by atoms with van der Waals surface area (Å²) in [5, 5.41) is 4.38. The molecule has 4 nitrogen and oxygen atoms in total. The predicted molar refractivity (Wildman–Crippen MR) is 78.9 cm³/mol. The molecule has 108 valence electrons. The van der Waals surface area contributed by atoms with Gasteiger partial charge in [-0.3, -0.25) is 9.58 Å². The molecule has 2 N–H and O–H groups in total. The minimum atomic E-state index is 0.333. The van der Waals surface area contributed by atoms with Gasteiger partial charge in [0.1, 0.15) is 0 Å². The van der Waals surface area contributed by atoms with E-state index in [2.05, 4.69) is 30.8 Å². The van der Waals surface area contributed by atoms with Crippen molar-refractivity contribution in [3.8, 4) is 0 Å². The smallest absolute Gasteiger partial charge is 0.0540 e. The average molecular weight is 264 g/mol. The van der Waals surface area contributed by atoms with E-state index in [0.29, 0.717) is 12.6 Å². The molecule has 0 saturated heterocycles. The summed E-state index contributed by atoms with van der Waals surface area (Å²) in [5.41, 5.74) is 8.62. The number of rotatable bonds is 7. The van der Waals surface area contributed by atoms with Gasteiger partial charge in [-0.2, -0.15) is 5.10 Å². The normalized spacial score (nSPS) is 17.4. The molecule has 0 aliphatic heterocycles. The first-order valence-corrected chi connectivity index (χ1v) is 7.48. The summed E-state index contributed by atoms with van der Waals surface area (Å²) in [7, 11) is 2.00. The van der Waals surface area contributed by atoms with Gasteiger partial charge >= 0.3 is 0 Å². The van der Waals surface area contributed by atoms with Gasteiger partial charge in [-0.15, -0.1) is 0 Å². The average Bonchev–Trinajstić information content (AvgIpc) is 3.15. The second kappa shape index (κ2) is 6.06. The SMILES string of the molecule is Cc1c(C(CN)N(CCC(C)C)C2CC2)cnn1C. The van der Waals surface area contributed by atoms with Crippen molar-refractivity contribution < 1.29 is 0 Å². The largest absolute Gasteiger partial charge is 0.329 e. The number of hydrogen-bond donors (Lipinski definition) is 1. The zero-order chi connectivity index (χ0) is 14.0. The van der Waals surface area contributed by atoms with Gasteiger partial charge in [-0.1, -0.05) is 13.8 Å². The van der Waals surface area contributed by atoms with Crippen molar-refractivity contribution in [3.63, 3.8) is 0 Å². The topological polar surface area (TPSA) is 47.1 Å². The van der Waals surface area contributed by atoms with Gasteiger partial charge in [-0.25, -0.2) is 0 Å². The molecular weight excluding hydrogens is 236 g/mol. The zero-order valence-corrected chi connectivity index (χ0v) is 12.8. The number of aryl methyl sites for hydroxylation is 1. The molecule has 1 fully saturated rings. The summed E-state index contributed by atoms with van der Waals surface area (Å²) in [4.78, 5) is 2.62. The van der Waals surface area contributed by atoms with Crippen LogP contribution in [0, 0.1) is 12.8 Å². The molecule has 19 heavy (non-hydrogen) atoms. The maximum Gasteiger partial charge on any atom is 0.0540 e. The standard InChI is InChI=1S/C15H28N4/c1-11(2)7-8-19(13-5-6-13)15(9-16)14-10-17-18(4)12(14)3/h10-11,13,15H,5-9,16H2,1-4H3. The molecule has 0 bridgehead atoms. The van der Waals surface area contributed by atoms with Crippen molar-refractivity contribution in [2.45, 2.75) is 52.1 Å². The molecule has 0 aromatic carbocycles. The van der Waals surface area contributed by atoms with E-state index < -0.39 is 0 Å². The predicted octanol–water partition coefficient (Wildman–Crippen LogP) is 2.24. The van der Waals surface area contributed by atoms with E-state index in [1.807, 2.05) is 17.9 Å². The van der Waals surface area contributed by atoms with E-state index in [4.69, 9.17) is 5.73 Å². The summed E-state index contributed by atoms with van der Waals surface area (Å²) >= 11 is 0. The fourth-order valence-electron chi connectivity index (χ4n) is 2.69. The second-order valence-electron chi connectivity index (χ2n) is 6.21. The molecule has 1 aliphatic carbocycles. The Balaban J connectivity index is 2.15. The highest BCUT2D eigenvalue weighted by Crippen LogP contribution is 2.35. The van der Waals surface area contributed by atoms with Gasteiger partial charge in [0.25, 0.3) is 0 Å². The molecule has 4 heteroatoms. The Kier molecular flexibility index (Phi) is 4.63. The molecule has 1 atom stereocenters. The Bertz CT molecular complexity index is 406. The van der Waals surface area contributed by atoms with Crippen LogP contribution in [0.25, 0.3) is 0 Å². The monoisotopic (exact) mass is 264 g/mol. The van der Waals surface area contributed by atoms with E-state index in [-0.39, 0.29) is 0 Å². The minimum Gasteiger partial charge on any atom is -0.329 e. The summed E-state index contributed by atoms with van der Waals surface area (Å²) in [5.74, 6) is 0.745. The first kappa shape index (κ1) is 14.5. The van der Waals surface area contributed by atoms with Gasteiger partial charge in [0.2, 0.25) is 0 Å². The first-order chi connectivity index (χ1) is 9.04. The van der Waals surface area contributed by atoms with E-state index in [1.165, 1.54) is 30.5 Å². The van der Waals surface area contributed by atoms with Crippen LogP contribution in [0.4, 0.5) is 0 Å². The second-order valence-corrected chi connectivity index (χ2v) is 6.21. The lowest BCUT2D eigenvalue weighted by molar-refractivity contribution is 0.180. The summed E-state index contributed by atoms with van der Waals surface area (Å²) < 4.78 is 1.95. The lowest BCUT2D eigenvalue weighted by Crippen LogP contribution is -2.37. The van der Waals surface area contributed by atoms with E-state index in [9.17, 15) is 0 Å². The van der Waals surface area contributed by atoms with Crippen LogP contribution in [-0.2, 0) is 7.05 Å². The molecule has 1 aromatic rings. The third-order valence-electron chi connectivity index (χ3n) is 4.24. The summed E-state index contributed by atoms with van der Waals surface area (Å²) in [6.07, 6.45) is 5.89. The van der Waals surface area contributed by atoms with Crippen LogP contribution in [0.1, 0.15) is 50.4 Å².